The summed E-state index contributed by atoms with van der Waals surface area (Å²) in [4.78, 5) is 10.3. The largest absolute Gasteiger partial charge is 0.478 e. The fourth-order valence-corrected chi connectivity index (χ4v) is 0.802. The molecule has 6 heteroatoms. The summed E-state index contributed by atoms with van der Waals surface area (Å²) in [5.41, 5.74) is -1.01. The number of carbonyl (C=O) groups is 1. The smallest absolute Gasteiger partial charge is 0.416 e. The fraction of sp³-hybridized carbons (Fsp3) is 0.125. The van der Waals surface area contributed by atoms with E-state index < -0.39 is 17.7 Å². The van der Waals surface area contributed by atoms with Crippen molar-refractivity contribution in [1.29, 1.82) is 0 Å². The molecule has 0 atom stereocenters. The first kappa shape index (κ1) is 12.4. The van der Waals surface area contributed by atoms with Gasteiger partial charge in [-0.15, -0.1) is 0 Å². The van der Waals surface area contributed by atoms with E-state index in [0.29, 0.717) is 0 Å². The van der Waals surface area contributed by atoms with Crippen LogP contribution in [0.4, 0.5) is 13.2 Å². The van der Waals surface area contributed by atoms with Crippen LogP contribution in [0.1, 0.15) is 15.9 Å². The Bertz CT molecular complexity index is 316. The van der Waals surface area contributed by atoms with Crippen LogP contribution < -0.4 is 0 Å². The lowest BCUT2D eigenvalue weighted by molar-refractivity contribution is -0.137. The topological polar surface area (TPSA) is 68.8 Å². The van der Waals surface area contributed by atoms with Gasteiger partial charge in [0.2, 0.25) is 0 Å². The third-order valence-electron chi connectivity index (χ3n) is 1.46. The van der Waals surface area contributed by atoms with Crippen LogP contribution in [0.3, 0.4) is 0 Å². The number of benzene rings is 1. The zero-order valence-electron chi connectivity index (χ0n) is 6.80. The van der Waals surface area contributed by atoms with Crippen molar-refractivity contribution in [2.45, 2.75) is 6.18 Å². The van der Waals surface area contributed by atoms with Crippen molar-refractivity contribution in [3.05, 3.63) is 35.4 Å². The Hall–Kier alpha value is -1.56. The molecular weight excluding hydrogens is 201 g/mol. The van der Waals surface area contributed by atoms with Crippen LogP contribution in [0.5, 0.6) is 0 Å². The number of hydrogen-bond acceptors (Lipinski definition) is 1. The summed E-state index contributed by atoms with van der Waals surface area (Å²) >= 11 is 0. The molecule has 0 aliphatic heterocycles. The first-order chi connectivity index (χ1) is 5.91. The summed E-state index contributed by atoms with van der Waals surface area (Å²) in [6.45, 7) is 0. The number of hydrogen-bond donors (Lipinski definition) is 1. The van der Waals surface area contributed by atoms with Gasteiger partial charge in [-0.05, 0) is 24.3 Å². The minimum Gasteiger partial charge on any atom is -0.478 e. The number of halogens is 3. The van der Waals surface area contributed by atoms with Gasteiger partial charge in [-0.1, -0.05) is 0 Å². The number of carboxylic acids is 1. The van der Waals surface area contributed by atoms with Crippen LogP contribution in [0, 0.1) is 0 Å². The Labute approximate surface area is 77.1 Å². The van der Waals surface area contributed by atoms with Gasteiger partial charge in [0.05, 0.1) is 11.1 Å². The van der Waals surface area contributed by atoms with Crippen molar-refractivity contribution in [2.75, 3.05) is 0 Å². The lowest BCUT2D eigenvalue weighted by atomic mass is 10.1. The molecule has 0 aromatic heterocycles. The first-order valence-electron chi connectivity index (χ1n) is 3.32. The number of alkyl halides is 3. The highest BCUT2D eigenvalue weighted by Gasteiger charge is 2.30. The molecule has 0 saturated carbocycles. The quantitative estimate of drug-likeness (QED) is 0.761. The molecule has 0 heterocycles. The summed E-state index contributed by atoms with van der Waals surface area (Å²) in [5, 5.41) is 8.40. The molecule has 0 unspecified atom stereocenters. The van der Waals surface area contributed by atoms with Gasteiger partial charge in [-0.3, -0.25) is 0 Å². The molecule has 0 amide bonds. The SMILES string of the molecule is O.O=C(O)c1ccc(C(F)(F)F)cc1. The molecule has 0 bridgehead atoms. The van der Waals surface area contributed by atoms with E-state index in [9.17, 15) is 18.0 Å². The molecule has 0 fully saturated rings. The molecule has 0 saturated heterocycles. The number of aromatic carboxylic acids is 1. The Morgan fingerprint density at radius 2 is 1.57 bits per heavy atom. The van der Waals surface area contributed by atoms with Crippen molar-refractivity contribution in [2.24, 2.45) is 0 Å². The molecule has 0 spiro atoms. The number of carboxylic acid groups (broad SMARTS) is 1. The van der Waals surface area contributed by atoms with Gasteiger partial charge in [-0.25, -0.2) is 4.79 Å². The van der Waals surface area contributed by atoms with E-state index in [2.05, 4.69) is 0 Å². The number of rotatable bonds is 1. The molecule has 3 nitrogen and oxygen atoms in total. The summed E-state index contributed by atoms with van der Waals surface area (Å²) in [6.07, 6.45) is -4.42. The van der Waals surface area contributed by atoms with Crippen molar-refractivity contribution in [3.63, 3.8) is 0 Å². The summed E-state index contributed by atoms with van der Waals surface area (Å²) in [7, 11) is 0. The van der Waals surface area contributed by atoms with E-state index in [-0.39, 0.29) is 11.0 Å². The van der Waals surface area contributed by atoms with Gasteiger partial charge in [0.25, 0.3) is 0 Å². The molecule has 1 aromatic carbocycles. The van der Waals surface area contributed by atoms with Crippen LogP contribution in [0.25, 0.3) is 0 Å². The van der Waals surface area contributed by atoms with Crippen molar-refractivity contribution in [3.8, 4) is 0 Å². The van der Waals surface area contributed by atoms with Crippen LogP contribution >= 0.6 is 0 Å². The predicted octanol–water partition coefficient (Wildman–Crippen LogP) is 1.58. The minimum atomic E-state index is -4.42. The third-order valence-corrected chi connectivity index (χ3v) is 1.46. The van der Waals surface area contributed by atoms with Crippen molar-refractivity contribution < 1.29 is 28.5 Å². The van der Waals surface area contributed by atoms with Gasteiger partial charge in [0.15, 0.2) is 0 Å². The van der Waals surface area contributed by atoms with Gasteiger partial charge >= 0.3 is 12.1 Å². The molecule has 1 aromatic rings. The molecule has 0 aliphatic carbocycles. The molecular formula is C8H7F3O3. The maximum atomic E-state index is 12.0. The zero-order valence-corrected chi connectivity index (χ0v) is 6.80. The maximum Gasteiger partial charge on any atom is 0.416 e. The molecule has 0 aliphatic rings. The predicted molar refractivity (Wildman–Crippen MR) is 42.0 cm³/mol. The van der Waals surface area contributed by atoms with Crippen molar-refractivity contribution >= 4 is 5.97 Å². The Morgan fingerprint density at radius 1 is 1.14 bits per heavy atom. The normalized spacial score (nSPS) is 10.5. The Balaban J connectivity index is 0.00000169. The van der Waals surface area contributed by atoms with Gasteiger partial charge in [-0.2, -0.15) is 13.2 Å². The lowest BCUT2D eigenvalue weighted by Crippen LogP contribution is -2.05. The summed E-state index contributed by atoms with van der Waals surface area (Å²) in [5.74, 6) is -1.24. The molecule has 3 N–H and O–H groups in total. The van der Waals surface area contributed by atoms with E-state index >= 15 is 0 Å². The summed E-state index contributed by atoms with van der Waals surface area (Å²) < 4.78 is 35.9. The summed E-state index contributed by atoms with van der Waals surface area (Å²) in [6, 6.07) is 3.32. The standard InChI is InChI=1S/C8H5F3O2.H2O/c9-8(10,11)6-3-1-5(2-4-6)7(12)13;/h1-4H,(H,12,13);1H2. The third kappa shape index (κ3) is 2.74. The first-order valence-corrected chi connectivity index (χ1v) is 3.32. The zero-order chi connectivity index (χ0) is 10.1. The van der Waals surface area contributed by atoms with Crippen LogP contribution in [-0.2, 0) is 6.18 Å². The fourth-order valence-electron chi connectivity index (χ4n) is 0.802. The average molecular weight is 208 g/mol. The highest BCUT2D eigenvalue weighted by Crippen LogP contribution is 2.28. The highest BCUT2D eigenvalue weighted by atomic mass is 19.4. The maximum absolute atomic E-state index is 12.0. The average Bonchev–Trinajstić information content (AvgIpc) is 2.03. The van der Waals surface area contributed by atoms with Crippen LogP contribution in [0.15, 0.2) is 24.3 Å². The van der Waals surface area contributed by atoms with E-state index in [1.165, 1.54) is 0 Å². The van der Waals surface area contributed by atoms with Crippen molar-refractivity contribution in [1.82, 2.24) is 0 Å². The minimum absolute atomic E-state index is 0. The van der Waals surface area contributed by atoms with Crippen LogP contribution in [-0.4, -0.2) is 16.6 Å². The van der Waals surface area contributed by atoms with E-state index in [1.807, 2.05) is 0 Å². The monoisotopic (exact) mass is 208 g/mol. The second-order valence-electron chi connectivity index (χ2n) is 2.38. The van der Waals surface area contributed by atoms with E-state index in [1.54, 1.807) is 0 Å². The second kappa shape index (κ2) is 4.10. The van der Waals surface area contributed by atoms with E-state index in [0.717, 1.165) is 24.3 Å². The van der Waals surface area contributed by atoms with Gasteiger partial charge < -0.3 is 10.6 Å². The molecule has 78 valence electrons. The van der Waals surface area contributed by atoms with E-state index in [4.69, 9.17) is 5.11 Å². The molecule has 14 heavy (non-hydrogen) atoms. The lowest BCUT2D eigenvalue weighted by Gasteiger charge is -2.05. The van der Waals surface area contributed by atoms with Gasteiger partial charge in [0.1, 0.15) is 0 Å². The van der Waals surface area contributed by atoms with Gasteiger partial charge in [0, 0.05) is 0 Å². The van der Waals surface area contributed by atoms with Crippen LogP contribution in [0.2, 0.25) is 0 Å². The Kier molecular flexibility index (Phi) is 3.64. The second-order valence-corrected chi connectivity index (χ2v) is 2.38. The highest BCUT2D eigenvalue weighted by molar-refractivity contribution is 5.87. The Morgan fingerprint density at radius 3 is 1.86 bits per heavy atom. The molecule has 1 rings (SSSR count). The molecule has 0 radical (unpaired) electrons.